The summed E-state index contributed by atoms with van der Waals surface area (Å²) in [7, 11) is -3.06. The van der Waals surface area contributed by atoms with Gasteiger partial charge in [0.25, 0.3) is 0 Å². The zero-order valence-corrected chi connectivity index (χ0v) is 16.9. The Balaban J connectivity index is 1.47. The number of para-hydroxylation sites is 1. The molecule has 2 aliphatic heterocycles. The Bertz CT molecular complexity index is 950. The van der Waals surface area contributed by atoms with Gasteiger partial charge in [-0.1, -0.05) is 47.6 Å². The lowest BCUT2D eigenvalue weighted by Crippen LogP contribution is -2.39. The maximum Gasteiger partial charge on any atom is 0.164 e. The monoisotopic (exact) mass is 422 g/mol. The molecular weight excluding hydrogens is 404 g/mol. The summed E-state index contributed by atoms with van der Waals surface area (Å²) < 4.78 is 29.9. The van der Waals surface area contributed by atoms with Crippen molar-refractivity contribution in [2.75, 3.05) is 28.8 Å². The summed E-state index contributed by atoms with van der Waals surface area (Å²) in [6.07, 6.45) is 0. The number of halogens is 1. The molecule has 8 heteroatoms. The fourth-order valence-corrected chi connectivity index (χ4v) is 6.34. The van der Waals surface area contributed by atoms with Crippen LogP contribution < -0.4 is 9.64 Å². The molecule has 2 heterocycles. The topological polar surface area (TPSA) is 59.0 Å². The highest BCUT2D eigenvalue weighted by molar-refractivity contribution is 8.14. The highest BCUT2D eigenvalue weighted by Crippen LogP contribution is 2.35. The van der Waals surface area contributed by atoms with Crippen LogP contribution in [0.3, 0.4) is 0 Å². The van der Waals surface area contributed by atoms with Gasteiger partial charge in [-0.3, -0.25) is 4.99 Å². The molecule has 0 aliphatic carbocycles. The van der Waals surface area contributed by atoms with Crippen LogP contribution in [0.15, 0.2) is 59.6 Å². The van der Waals surface area contributed by atoms with Gasteiger partial charge < -0.3 is 9.64 Å². The van der Waals surface area contributed by atoms with Crippen LogP contribution in [0.1, 0.15) is 0 Å². The Morgan fingerprint density at radius 2 is 1.96 bits per heavy atom. The molecule has 0 amide bonds. The van der Waals surface area contributed by atoms with Crippen molar-refractivity contribution in [1.82, 2.24) is 0 Å². The number of ether oxygens (including phenoxy) is 1. The Morgan fingerprint density at radius 1 is 1.15 bits per heavy atom. The third kappa shape index (κ3) is 4.25. The van der Waals surface area contributed by atoms with Crippen molar-refractivity contribution in [3.05, 3.63) is 59.6 Å². The van der Waals surface area contributed by atoms with Gasteiger partial charge in [0.05, 0.1) is 30.2 Å². The fraction of sp³-hybridized carbons (Fsp3) is 0.316. The molecule has 2 atom stereocenters. The fourth-order valence-electron chi connectivity index (χ4n) is 3.37. The zero-order chi connectivity index (χ0) is 18.9. The number of anilines is 1. The van der Waals surface area contributed by atoms with E-state index in [1.807, 2.05) is 59.5 Å². The highest BCUT2D eigenvalue weighted by atomic mass is 35.5. The highest BCUT2D eigenvalue weighted by Gasteiger charge is 2.47. The minimum atomic E-state index is -3.06. The summed E-state index contributed by atoms with van der Waals surface area (Å²) in [5.41, 5.74) is 0.877. The molecule has 0 N–H and O–H groups in total. The number of amidine groups is 1. The van der Waals surface area contributed by atoms with Gasteiger partial charge in [-0.05, 0) is 30.3 Å². The summed E-state index contributed by atoms with van der Waals surface area (Å²) in [4.78, 5) is 6.73. The normalized spacial score (nSPS) is 23.1. The van der Waals surface area contributed by atoms with E-state index in [1.165, 1.54) is 0 Å². The first kappa shape index (κ1) is 18.7. The molecule has 27 heavy (non-hydrogen) atoms. The minimum absolute atomic E-state index is 0.110. The maximum absolute atomic E-state index is 12.1. The first-order chi connectivity index (χ1) is 13.0. The van der Waals surface area contributed by atoms with Crippen LogP contribution in [0.25, 0.3) is 0 Å². The average molecular weight is 423 g/mol. The lowest BCUT2D eigenvalue weighted by atomic mass is 10.1. The lowest BCUT2D eigenvalue weighted by Gasteiger charge is -2.26. The number of rotatable bonds is 5. The molecule has 4 rings (SSSR count). The smallest absolute Gasteiger partial charge is 0.164 e. The first-order valence-corrected chi connectivity index (χ1v) is 11.8. The Hall–Kier alpha value is -1.70. The molecule has 0 bridgehead atoms. The van der Waals surface area contributed by atoms with Crippen LogP contribution in [0, 0.1) is 0 Å². The second-order valence-corrected chi connectivity index (χ2v) is 10.1. The van der Waals surface area contributed by atoms with Crippen LogP contribution in [0.4, 0.5) is 5.69 Å². The zero-order valence-electron chi connectivity index (χ0n) is 14.5. The van der Waals surface area contributed by atoms with Gasteiger partial charge in [0, 0.05) is 16.5 Å². The van der Waals surface area contributed by atoms with Gasteiger partial charge in [0.1, 0.15) is 5.75 Å². The Morgan fingerprint density at radius 3 is 2.74 bits per heavy atom. The van der Waals surface area contributed by atoms with Crippen molar-refractivity contribution in [2.45, 2.75) is 12.1 Å². The molecule has 0 radical (unpaired) electrons. The number of hydrogen-bond acceptors (Lipinski definition) is 6. The number of benzene rings is 2. The van der Waals surface area contributed by atoms with Crippen molar-refractivity contribution in [1.29, 1.82) is 0 Å². The molecule has 1 saturated heterocycles. The molecule has 2 aromatic rings. The second kappa shape index (κ2) is 7.73. The average Bonchev–Trinajstić information content (AvgIpc) is 3.10. The van der Waals surface area contributed by atoms with Crippen LogP contribution in [-0.2, 0) is 9.84 Å². The number of nitrogens with zero attached hydrogens (tertiary/aromatic N) is 2. The van der Waals surface area contributed by atoms with Crippen LogP contribution >= 0.6 is 23.4 Å². The van der Waals surface area contributed by atoms with Crippen molar-refractivity contribution in [3.63, 3.8) is 0 Å². The molecule has 0 saturated carbocycles. The van der Waals surface area contributed by atoms with E-state index < -0.39 is 9.84 Å². The SMILES string of the molecule is O=S1(=O)C[C@@H]2N=C(SCCOc3ccccc3)N(c3cccc(Cl)c3)[C@H]2C1. The van der Waals surface area contributed by atoms with Gasteiger partial charge in [-0.15, -0.1) is 0 Å². The predicted molar refractivity (Wildman–Crippen MR) is 112 cm³/mol. The summed E-state index contributed by atoms with van der Waals surface area (Å²) in [5, 5.41) is 1.45. The van der Waals surface area contributed by atoms with Gasteiger partial charge >= 0.3 is 0 Å². The van der Waals surface area contributed by atoms with Gasteiger partial charge in [-0.2, -0.15) is 0 Å². The van der Waals surface area contributed by atoms with Crippen molar-refractivity contribution in [2.24, 2.45) is 4.99 Å². The molecule has 0 aromatic heterocycles. The predicted octanol–water partition coefficient (Wildman–Crippen LogP) is 3.49. The number of aliphatic imine (C=N–C) groups is 1. The molecule has 0 unspecified atom stereocenters. The minimum Gasteiger partial charge on any atom is -0.493 e. The molecule has 0 spiro atoms. The van der Waals surface area contributed by atoms with Crippen molar-refractivity contribution < 1.29 is 13.2 Å². The number of fused-ring (bicyclic) bond motifs is 1. The first-order valence-electron chi connectivity index (χ1n) is 8.65. The standard InChI is InChI=1S/C19H19ClN2O3S2/c20-14-5-4-6-15(11-14)22-18-13-27(23,24)12-17(18)21-19(22)26-10-9-25-16-7-2-1-3-8-16/h1-8,11,17-18H,9-10,12-13H2/t17-,18-/m0/s1. The molecule has 2 aliphatic rings. The van der Waals surface area contributed by atoms with E-state index in [2.05, 4.69) is 0 Å². The lowest BCUT2D eigenvalue weighted by molar-refractivity contribution is 0.344. The maximum atomic E-state index is 12.1. The van der Waals surface area contributed by atoms with Crippen LogP contribution in [-0.4, -0.2) is 49.5 Å². The van der Waals surface area contributed by atoms with E-state index in [0.717, 1.165) is 22.4 Å². The molecule has 142 valence electrons. The molecule has 5 nitrogen and oxygen atoms in total. The van der Waals surface area contributed by atoms with E-state index in [1.54, 1.807) is 11.8 Å². The van der Waals surface area contributed by atoms with E-state index in [4.69, 9.17) is 21.3 Å². The van der Waals surface area contributed by atoms with E-state index >= 15 is 0 Å². The van der Waals surface area contributed by atoms with Crippen LogP contribution in [0.5, 0.6) is 5.75 Å². The molecule has 1 fully saturated rings. The Labute approximate surface area is 168 Å². The third-order valence-electron chi connectivity index (χ3n) is 4.52. The molecule has 2 aromatic carbocycles. The summed E-state index contributed by atoms with van der Waals surface area (Å²) in [6.45, 7) is 0.546. The Kier molecular flexibility index (Phi) is 5.34. The largest absolute Gasteiger partial charge is 0.493 e. The van der Waals surface area contributed by atoms with E-state index in [-0.39, 0.29) is 23.6 Å². The number of sulfone groups is 1. The second-order valence-electron chi connectivity index (χ2n) is 6.48. The number of hydrogen-bond donors (Lipinski definition) is 0. The summed E-state index contributed by atoms with van der Waals surface area (Å²) in [5.74, 6) is 1.79. The summed E-state index contributed by atoms with van der Waals surface area (Å²) in [6, 6.07) is 16.8. The van der Waals surface area contributed by atoms with E-state index in [0.29, 0.717) is 11.6 Å². The van der Waals surface area contributed by atoms with Gasteiger partial charge in [0.2, 0.25) is 0 Å². The van der Waals surface area contributed by atoms with E-state index in [9.17, 15) is 8.42 Å². The van der Waals surface area contributed by atoms with Crippen LogP contribution in [0.2, 0.25) is 5.02 Å². The number of thioether (sulfide) groups is 1. The quantitative estimate of drug-likeness (QED) is 0.690. The van der Waals surface area contributed by atoms with Gasteiger partial charge in [0.15, 0.2) is 15.0 Å². The van der Waals surface area contributed by atoms with Crippen molar-refractivity contribution in [3.8, 4) is 5.75 Å². The summed E-state index contributed by atoms with van der Waals surface area (Å²) >= 11 is 7.73. The van der Waals surface area contributed by atoms with Gasteiger partial charge in [-0.25, -0.2) is 8.42 Å². The third-order valence-corrected chi connectivity index (χ3v) is 7.39. The van der Waals surface area contributed by atoms with Crippen molar-refractivity contribution >= 4 is 44.1 Å². The molecular formula is C19H19ClN2O3S2.